The van der Waals surface area contributed by atoms with Gasteiger partial charge in [-0.2, -0.15) is 13.2 Å². The molecule has 2 amide bonds. The fourth-order valence-corrected chi connectivity index (χ4v) is 3.56. The fourth-order valence-electron chi connectivity index (χ4n) is 3.33. The number of hydrogen-bond donors (Lipinski definition) is 4. The van der Waals surface area contributed by atoms with Crippen LogP contribution in [0.1, 0.15) is 28.1 Å². The number of nitrogens with one attached hydrogen (secondary N) is 4. The molecule has 3 heterocycles. The highest BCUT2D eigenvalue weighted by molar-refractivity contribution is 6.31. The number of alkyl halides is 3. The fraction of sp³-hybridized carbons (Fsp3) is 0.130. The minimum absolute atomic E-state index is 0.0643. The predicted octanol–water partition coefficient (Wildman–Crippen LogP) is 4.99. The van der Waals surface area contributed by atoms with Gasteiger partial charge in [-0.05, 0) is 47.5 Å². The van der Waals surface area contributed by atoms with Crippen LogP contribution in [0.25, 0.3) is 0 Å². The first-order valence-electron chi connectivity index (χ1n) is 10.3. The number of carbonyl (C=O) groups is 1. The summed E-state index contributed by atoms with van der Waals surface area (Å²) in [5.74, 6) is 0.217. The lowest BCUT2D eigenvalue weighted by molar-refractivity contribution is -0.137. The number of aromatic amines is 2. The molecule has 0 fully saturated rings. The molecule has 0 aliphatic carbocycles. The van der Waals surface area contributed by atoms with Gasteiger partial charge in [0.1, 0.15) is 5.82 Å². The quantitative estimate of drug-likeness (QED) is 0.297. The van der Waals surface area contributed by atoms with Crippen LogP contribution in [-0.2, 0) is 19.0 Å². The molecule has 0 aliphatic rings. The largest absolute Gasteiger partial charge is 0.417 e. The van der Waals surface area contributed by atoms with E-state index < -0.39 is 22.8 Å². The molecule has 4 rings (SSSR count). The average Bonchev–Trinajstić information content (AvgIpc) is 3.20. The minimum atomic E-state index is -4.64. The highest BCUT2D eigenvalue weighted by Gasteiger charge is 2.33. The van der Waals surface area contributed by atoms with Crippen molar-refractivity contribution in [1.82, 2.24) is 20.2 Å². The number of H-pyrrole nitrogens is 2. The van der Waals surface area contributed by atoms with Crippen molar-refractivity contribution in [3.63, 3.8) is 0 Å². The molecule has 4 N–H and O–H groups in total. The Balaban J connectivity index is 1.36. The second kappa shape index (κ2) is 10.0. The molecule has 0 aliphatic heterocycles. The van der Waals surface area contributed by atoms with Gasteiger partial charge in [0.25, 0.3) is 5.56 Å². The number of amides is 2. The Labute approximate surface area is 201 Å². The average molecular weight is 503 g/mol. The monoisotopic (exact) mass is 502 g/mol. The van der Waals surface area contributed by atoms with Gasteiger partial charge in [0, 0.05) is 48.4 Å². The SMILES string of the molecule is O=C(Nc1ccc(Cl)c(C(F)(F)F)c1)Nc1ccc(Cc2cc(Cc3cc(=O)[nH][nH]3)ccn2)cn1. The Kier molecular flexibility index (Phi) is 6.87. The first kappa shape index (κ1) is 24.0. The summed E-state index contributed by atoms with van der Waals surface area (Å²) in [6.07, 6.45) is -0.357. The van der Waals surface area contributed by atoms with Crippen molar-refractivity contribution in [2.24, 2.45) is 0 Å². The summed E-state index contributed by atoms with van der Waals surface area (Å²) >= 11 is 5.59. The van der Waals surface area contributed by atoms with Crippen molar-refractivity contribution < 1.29 is 18.0 Å². The molecule has 180 valence electrons. The molecule has 3 aromatic heterocycles. The van der Waals surface area contributed by atoms with E-state index in [2.05, 4.69) is 30.8 Å². The summed E-state index contributed by atoms with van der Waals surface area (Å²) in [7, 11) is 0. The normalized spacial score (nSPS) is 11.3. The topological polar surface area (TPSA) is 116 Å². The van der Waals surface area contributed by atoms with Crippen LogP contribution >= 0.6 is 11.6 Å². The summed E-state index contributed by atoms with van der Waals surface area (Å²) in [4.78, 5) is 32.0. The number of urea groups is 1. The molecule has 0 saturated carbocycles. The number of hydrogen-bond acceptors (Lipinski definition) is 4. The van der Waals surface area contributed by atoms with Crippen molar-refractivity contribution in [3.8, 4) is 0 Å². The molecule has 0 radical (unpaired) electrons. The number of nitrogens with zero attached hydrogens (tertiary/aromatic N) is 2. The van der Waals surface area contributed by atoms with Crippen LogP contribution in [0, 0.1) is 0 Å². The van der Waals surface area contributed by atoms with Crippen molar-refractivity contribution in [1.29, 1.82) is 0 Å². The smallest absolute Gasteiger partial charge is 0.308 e. The van der Waals surface area contributed by atoms with Crippen LogP contribution in [-0.4, -0.2) is 26.2 Å². The Morgan fingerprint density at radius 2 is 1.77 bits per heavy atom. The molecular weight excluding hydrogens is 485 g/mol. The van der Waals surface area contributed by atoms with E-state index in [4.69, 9.17) is 11.6 Å². The predicted molar refractivity (Wildman–Crippen MR) is 125 cm³/mol. The number of pyridine rings is 2. The van der Waals surface area contributed by atoms with Crippen molar-refractivity contribution in [2.75, 3.05) is 10.6 Å². The van der Waals surface area contributed by atoms with E-state index >= 15 is 0 Å². The molecule has 12 heteroatoms. The number of anilines is 2. The first-order valence-corrected chi connectivity index (χ1v) is 10.6. The maximum atomic E-state index is 13.0. The van der Waals surface area contributed by atoms with Crippen molar-refractivity contribution in [3.05, 3.63) is 104 Å². The lowest BCUT2D eigenvalue weighted by Crippen LogP contribution is -2.20. The second-order valence-electron chi connectivity index (χ2n) is 7.62. The van der Waals surface area contributed by atoms with Gasteiger partial charge in [0.15, 0.2) is 0 Å². The van der Waals surface area contributed by atoms with E-state index in [1.165, 1.54) is 12.1 Å². The molecular formula is C23H18ClF3N6O2. The molecule has 0 atom stereocenters. The Morgan fingerprint density at radius 3 is 2.46 bits per heavy atom. The zero-order valence-corrected chi connectivity index (χ0v) is 18.7. The molecule has 1 aromatic carbocycles. The van der Waals surface area contributed by atoms with E-state index in [1.807, 2.05) is 12.1 Å². The highest BCUT2D eigenvalue weighted by atomic mass is 35.5. The number of benzene rings is 1. The highest BCUT2D eigenvalue weighted by Crippen LogP contribution is 2.36. The van der Waals surface area contributed by atoms with E-state index in [0.717, 1.165) is 34.6 Å². The van der Waals surface area contributed by atoms with Crippen molar-refractivity contribution >= 4 is 29.1 Å². The third-order valence-corrected chi connectivity index (χ3v) is 5.24. The van der Waals surface area contributed by atoms with Gasteiger partial charge in [-0.1, -0.05) is 17.7 Å². The van der Waals surface area contributed by atoms with Gasteiger partial charge in [-0.15, -0.1) is 0 Å². The number of halogens is 4. The Hall–Kier alpha value is -4.12. The van der Waals surface area contributed by atoms with Crippen LogP contribution in [0.5, 0.6) is 0 Å². The van der Waals surface area contributed by atoms with E-state index in [9.17, 15) is 22.8 Å². The maximum Gasteiger partial charge on any atom is 0.417 e. The number of rotatable bonds is 6. The summed E-state index contributed by atoms with van der Waals surface area (Å²) in [6.45, 7) is 0. The third kappa shape index (κ3) is 6.48. The molecule has 8 nitrogen and oxygen atoms in total. The van der Waals surface area contributed by atoms with E-state index in [1.54, 1.807) is 24.5 Å². The van der Waals surface area contributed by atoms with Gasteiger partial charge >= 0.3 is 12.2 Å². The van der Waals surface area contributed by atoms with Gasteiger partial charge in [-0.25, -0.2) is 9.78 Å². The lowest BCUT2D eigenvalue weighted by Gasteiger charge is -2.12. The zero-order chi connectivity index (χ0) is 25.0. The lowest BCUT2D eigenvalue weighted by atomic mass is 10.1. The molecule has 35 heavy (non-hydrogen) atoms. The Morgan fingerprint density at radius 1 is 0.943 bits per heavy atom. The molecule has 0 saturated heterocycles. The van der Waals surface area contributed by atoms with Gasteiger partial charge in [-0.3, -0.25) is 20.2 Å². The van der Waals surface area contributed by atoms with E-state index in [0.29, 0.717) is 12.8 Å². The van der Waals surface area contributed by atoms with Crippen LogP contribution in [0.15, 0.2) is 65.7 Å². The van der Waals surface area contributed by atoms with Gasteiger partial charge in [0.05, 0.1) is 10.6 Å². The molecule has 0 bridgehead atoms. The second-order valence-corrected chi connectivity index (χ2v) is 8.02. The number of carbonyl (C=O) groups excluding carboxylic acids is 1. The molecule has 0 unspecified atom stereocenters. The molecule has 0 spiro atoms. The van der Waals surface area contributed by atoms with Crippen LogP contribution in [0.3, 0.4) is 0 Å². The van der Waals surface area contributed by atoms with Crippen molar-refractivity contribution in [2.45, 2.75) is 19.0 Å². The minimum Gasteiger partial charge on any atom is -0.308 e. The van der Waals surface area contributed by atoms with E-state index in [-0.39, 0.29) is 17.1 Å². The van der Waals surface area contributed by atoms with Gasteiger partial charge < -0.3 is 10.4 Å². The standard InChI is InChI=1S/C23H18ClF3N6O2/c24-19-3-2-15(10-18(19)23(25,26)27)30-22(35)31-20-4-1-14(12-29-20)9-16-7-13(5-6-28-16)8-17-11-21(34)33-32-17/h1-7,10-12H,8-9H2,(H2,32,33,34)(H2,29,30,31,35). The van der Waals surface area contributed by atoms with Crippen LogP contribution in [0.2, 0.25) is 5.02 Å². The Bertz CT molecular complexity index is 1400. The summed E-state index contributed by atoms with van der Waals surface area (Å²) in [6, 6.07) is 10.9. The summed E-state index contributed by atoms with van der Waals surface area (Å²) in [5, 5.41) is 9.65. The van der Waals surface area contributed by atoms with Crippen LogP contribution < -0.4 is 16.2 Å². The zero-order valence-electron chi connectivity index (χ0n) is 17.9. The third-order valence-electron chi connectivity index (χ3n) is 4.91. The summed E-state index contributed by atoms with van der Waals surface area (Å²) in [5.41, 5.74) is 2.07. The van der Waals surface area contributed by atoms with Gasteiger partial charge in [0.2, 0.25) is 0 Å². The van der Waals surface area contributed by atoms with Crippen LogP contribution in [0.4, 0.5) is 29.5 Å². The first-order chi connectivity index (χ1) is 16.7. The maximum absolute atomic E-state index is 13.0. The molecule has 4 aromatic rings. The number of aromatic nitrogens is 4. The summed E-state index contributed by atoms with van der Waals surface area (Å²) < 4.78 is 39.0.